The molecule has 0 atom stereocenters. The molecule has 0 bridgehead atoms. The molecule has 0 unspecified atom stereocenters. The Kier molecular flexibility index (Phi) is 6.12. The summed E-state index contributed by atoms with van der Waals surface area (Å²) in [5.41, 5.74) is 2.42. The summed E-state index contributed by atoms with van der Waals surface area (Å²) in [5, 5.41) is 4.24. The van der Waals surface area contributed by atoms with Crippen LogP contribution in [0.15, 0.2) is 53.8 Å². The molecular formula is C19H24ClN5. The first-order chi connectivity index (χ1) is 12.3. The number of hydrogen-bond acceptors (Lipinski definition) is 3. The number of pyridine rings is 1. The van der Waals surface area contributed by atoms with Gasteiger partial charge in [0.05, 0.1) is 0 Å². The first-order valence-electron chi connectivity index (χ1n) is 8.61. The van der Waals surface area contributed by atoms with E-state index in [0.29, 0.717) is 0 Å². The van der Waals surface area contributed by atoms with Gasteiger partial charge in [-0.2, -0.15) is 0 Å². The number of rotatable bonds is 4. The molecule has 1 aromatic heterocycles. The Hall–Kier alpha value is -2.27. The zero-order chi connectivity index (χ0) is 17.5. The zero-order valence-corrected chi connectivity index (χ0v) is 15.3. The van der Waals surface area contributed by atoms with Gasteiger partial charge in [-0.15, -0.1) is 0 Å². The highest BCUT2D eigenvalue weighted by Crippen LogP contribution is 2.20. The minimum Gasteiger partial charge on any atom is -0.368 e. The van der Waals surface area contributed by atoms with Gasteiger partial charge in [0.25, 0.3) is 0 Å². The van der Waals surface area contributed by atoms with E-state index >= 15 is 0 Å². The van der Waals surface area contributed by atoms with E-state index in [4.69, 9.17) is 11.6 Å². The molecule has 0 radical (unpaired) electrons. The van der Waals surface area contributed by atoms with Gasteiger partial charge in [0.15, 0.2) is 5.96 Å². The van der Waals surface area contributed by atoms with Crippen molar-refractivity contribution in [2.75, 3.05) is 44.7 Å². The molecule has 2 heterocycles. The van der Waals surface area contributed by atoms with Gasteiger partial charge in [-0.3, -0.25) is 9.98 Å². The summed E-state index contributed by atoms with van der Waals surface area (Å²) in [6.45, 7) is 4.67. The summed E-state index contributed by atoms with van der Waals surface area (Å²) in [6, 6.07) is 12.1. The number of halogens is 1. The number of aromatic nitrogens is 1. The Labute approximate surface area is 154 Å². The molecule has 2 aromatic rings. The third-order valence-electron chi connectivity index (χ3n) is 4.38. The fraction of sp³-hybridized carbons (Fsp3) is 0.368. The maximum Gasteiger partial charge on any atom is 0.193 e. The van der Waals surface area contributed by atoms with Crippen molar-refractivity contribution in [1.82, 2.24) is 15.2 Å². The van der Waals surface area contributed by atoms with Crippen molar-refractivity contribution in [3.8, 4) is 0 Å². The number of hydrogen-bond donors (Lipinski definition) is 1. The van der Waals surface area contributed by atoms with E-state index in [1.807, 2.05) is 37.5 Å². The zero-order valence-electron chi connectivity index (χ0n) is 14.5. The van der Waals surface area contributed by atoms with E-state index in [-0.39, 0.29) is 0 Å². The van der Waals surface area contributed by atoms with Crippen LogP contribution in [-0.4, -0.2) is 55.6 Å². The lowest BCUT2D eigenvalue weighted by Crippen LogP contribution is -2.52. The van der Waals surface area contributed by atoms with E-state index in [9.17, 15) is 0 Å². The molecule has 0 spiro atoms. The molecule has 1 aliphatic rings. The quantitative estimate of drug-likeness (QED) is 0.675. The number of nitrogens with one attached hydrogen (secondary N) is 1. The first kappa shape index (κ1) is 17.5. The molecule has 1 N–H and O–H groups in total. The van der Waals surface area contributed by atoms with Crippen LogP contribution in [0.5, 0.6) is 0 Å². The third-order valence-corrected chi connectivity index (χ3v) is 4.62. The molecular weight excluding hydrogens is 334 g/mol. The molecule has 1 fully saturated rings. The predicted octanol–water partition coefficient (Wildman–Crippen LogP) is 2.68. The number of nitrogens with zero attached hydrogens (tertiary/aromatic N) is 4. The van der Waals surface area contributed by atoms with Crippen LogP contribution < -0.4 is 10.2 Å². The van der Waals surface area contributed by atoms with Crippen molar-refractivity contribution in [2.45, 2.75) is 6.42 Å². The first-order valence-corrected chi connectivity index (χ1v) is 8.99. The number of aliphatic imine (C=N–C) groups is 1. The topological polar surface area (TPSA) is 43.8 Å². The van der Waals surface area contributed by atoms with Gasteiger partial charge in [0.2, 0.25) is 0 Å². The minimum absolute atomic E-state index is 0.785. The number of piperazine rings is 1. The van der Waals surface area contributed by atoms with Crippen LogP contribution in [0.4, 0.5) is 5.69 Å². The second-order valence-corrected chi connectivity index (χ2v) is 6.48. The van der Waals surface area contributed by atoms with Gasteiger partial charge < -0.3 is 15.1 Å². The lowest BCUT2D eigenvalue weighted by molar-refractivity contribution is 0.373. The summed E-state index contributed by atoms with van der Waals surface area (Å²) in [4.78, 5) is 13.3. The van der Waals surface area contributed by atoms with Gasteiger partial charge in [0, 0.05) is 62.9 Å². The molecule has 1 aromatic carbocycles. The van der Waals surface area contributed by atoms with Crippen molar-refractivity contribution in [2.24, 2.45) is 4.99 Å². The largest absolute Gasteiger partial charge is 0.368 e. The highest BCUT2D eigenvalue weighted by Gasteiger charge is 2.19. The Bertz CT molecular complexity index is 696. The summed E-state index contributed by atoms with van der Waals surface area (Å²) in [6.07, 6.45) is 4.65. The lowest BCUT2D eigenvalue weighted by Gasteiger charge is -2.37. The van der Waals surface area contributed by atoms with Crippen molar-refractivity contribution in [1.29, 1.82) is 0 Å². The molecule has 5 nitrogen and oxygen atoms in total. The summed E-state index contributed by atoms with van der Waals surface area (Å²) >= 11 is 6.10. The average Bonchev–Trinajstić information content (AvgIpc) is 2.66. The monoisotopic (exact) mass is 357 g/mol. The summed E-state index contributed by atoms with van der Waals surface area (Å²) in [7, 11) is 1.84. The maximum absolute atomic E-state index is 6.10. The molecule has 25 heavy (non-hydrogen) atoms. The molecule has 3 rings (SSSR count). The molecule has 0 aliphatic carbocycles. The fourth-order valence-electron chi connectivity index (χ4n) is 3.05. The van der Waals surface area contributed by atoms with E-state index in [1.54, 1.807) is 6.20 Å². The van der Waals surface area contributed by atoms with Crippen LogP contribution in [0.3, 0.4) is 0 Å². The van der Waals surface area contributed by atoms with Crippen molar-refractivity contribution in [3.05, 3.63) is 59.4 Å². The Morgan fingerprint density at radius 3 is 2.72 bits per heavy atom. The number of guanidine groups is 1. The van der Waals surface area contributed by atoms with Gasteiger partial charge >= 0.3 is 0 Å². The smallest absolute Gasteiger partial charge is 0.193 e. The minimum atomic E-state index is 0.785. The SMILES string of the molecule is CN=C(NCCc1cccnc1)N1CCN(c2cccc(Cl)c2)CC1. The maximum atomic E-state index is 6.10. The molecule has 6 heteroatoms. The predicted molar refractivity (Wildman–Crippen MR) is 105 cm³/mol. The number of benzene rings is 1. The van der Waals surface area contributed by atoms with Crippen LogP contribution in [0, 0.1) is 0 Å². The fourth-order valence-corrected chi connectivity index (χ4v) is 3.23. The molecule has 1 aliphatic heterocycles. The normalized spacial score (nSPS) is 15.4. The molecule has 1 saturated heterocycles. The lowest BCUT2D eigenvalue weighted by atomic mass is 10.2. The Balaban J connectivity index is 1.49. The van der Waals surface area contributed by atoms with Gasteiger partial charge in [-0.25, -0.2) is 0 Å². The standard InChI is InChI=1S/C19H24ClN5/c1-21-19(23-9-7-16-4-3-8-22-15-16)25-12-10-24(11-13-25)18-6-2-5-17(20)14-18/h2-6,8,14-15H,7,9-13H2,1H3,(H,21,23). The second kappa shape index (κ2) is 8.72. The van der Waals surface area contributed by atoms with E-state index in [1.165, 1.54) is 11.3 Å². The van der Waals surface area contributed by atoms with Gasteiger partial charge in [0.1, 0.15) is 0 Å². The molecule has 0 saturated carbocycles. The van der Waals surface area contributed by atoms with Gasteiger partial charge in [-0.1, -0.05) is 23.7 Å². The van der Waals surface area contributed by atoms with E-state index in [2.05, 4.69) is 37.2 Å². The molecule has 132 valence electrons. The summed E-state index contributed by atoms with van der Waals surface area (Å²) < 4.78 is 0. The Morgan fingerprint density at radius 2 is 2.04 bits per heavy atom. The van der Waals surface area contributed by atoms with Crippen molar-refractivity contribution >= 4 is 23.2 Å². The van der Waals surface area contributed by atoms with Crippen LogP contribution in [-0.2, 0) is 6.42 Å². The highest BCUT2D eigenvalue weighted by atomic mass is 35.5. The van der Waals surface area contributed by atoms with Crippen LogP contribution in [0.1, 0.15) is 5.56 Å². The summed E-state index contributed by atoms with van der Waals surface area (Å²) in [5.74, 6) is 0.967. The van der Waals surface area contributed by atoms with E-state index < -0.39 is 0 Å². The van der Waals surface area contributed by atoms with Crippen molar-refractivity contribution in [3.63, 3.8) is 0 Å². The average molecular weight is 358 g/mol. The highest BCUT2D eigenvalue weighted by molar-refractivity contribution is 6.30. The number of anilines is 1. The van der Waals surface area contributed by atoms with Crippen LogP contribution in [0.25, 0.3) is 0 Å². The van der Waals surface area contributed by atoms with Crippen molar-refractivity contribution < 1.29 is 0 Å². The molecule has 0 amide bonds. The van der Waals surface area contributed by atoms with Crippen LogP contribution >= 0.6 is 11.6 Å². The Morgan fingerprint density at radius 1 is 1.20 bits per heavy atom. The van der Waals surface area contributed by atoms with Crippen LogP contribution in [0.2, 0.25) is 5.02 Å². The van der Waals surface area contributed by atoms with Gasteiger partial charge in [-0.05, 0) is 36.2 Å². The second-order valence-electron chi connectivity index (χ2n) is 6.04. The third kappa shape index (κ3) is 4.86. The van der Waals surface area contributed by atoms with E-state index in [0.717, 1.165) is 50.1 Å².